The second-order valence-electron chi connectivity index (χ2n) is 5.45. The molecule has 0 fully saturated rings. The van der Waals surface area contributed by atoms with Crippen LogP contribution in [-0.2, 0) is 9.59 Å². The van der Waals surface area contributed by atoms with Crippen LogP contribution in [0.4, 0.5) is 0 Å². The number of hydrogen-bond donors (Lipinski definition) is 1. The van der Waals surface area contributed by atoms with E-state index in [0.29, 0.717) is 0 Å². The normalized spacial score (nSPS) is 10.6. The highest BCUT2D eigenvalue weighted by Crippen LogP contribution is 2.19. The second kappa shape index (κ2) is 10.2. The molecule has 1 N–H and O–H groups in total. The van der Waals surface area contributed by atoms with Gasteiger partial charge in [0.1, 0.15) is 5.75 Å². The number of nitrogens with zero attached hydrogens (tertiary/aromatic N) is 1. The lowest BCUT2D eigenvalue weighted by atomic mass is 10.2. The molecule has 0 spiro atoms. The van der Waals surface area contributed by atoms with Crippen molar-refractivity contribution in [2.45, 2.75) is 19.3 Å². The fourth-order valence-corrected chi connectivity index (χ4v) is 2.33. The lowest BCUT2D eigenvalue weighted by Gasteiger charge is -2.09. The summed E-state index contributed by atoms with van der Waals surface area (Å²) in [6, 6.07) is 13.5. The van der Waals surface area contributed by atoms with E-state index in [1.165, 1.54) is 18.3 Å². The van der Waals surface area contributed by atoms with Crippen LogP contribution in [-0.4, -0.2) is 24.1 Å². The third-order valence-electron chi connectivity index (χ3n) is 3.37. The van der Waals surface area contributed by atoms with E-state index < -0.39 is 17.8 Å². The van der Waals surface area contributed by atoms with Gasteiger partial charge in [-0.1, -0.05) is 40.2 Å². The van der Waals surface area contributed by atoms with Crippen LogP contribution in [0.25, 0.3) is 0 Å². The van der Waals surface area contributed by atoms with Gasteiger partial charge in [-0.25, -0.2) is 5.43 Å². The maximum Gasteiger partial charge on any atom is 0.311 e. The van der Waals surface area contributed by atoms with E-state index in [0.717, 1.165) is 10.0 Å². The first-order chi connectivity index (χ1) is 13.0. The first-order valence-electron chi connectivity index (χ1n) is 8.04. The van der Waals surface area contributed by atoms with Crippen molar-refractivity contribution < 1.29 is 24.2 Å². The third kappa shape index (κ3) is 7.02. The van der Waals surface area contributed by atoms with Gasteiger partial charge in [0, 0.05) is 16.9 Å². The molecule has 2 aromatic rings. The number of ether oxygens (including phenoxy) is 1. The van der Waals surface area contributed by atoms with Gasteiger partial charge in [0.05, 0.1) is 11.8 Å². The Morgan fingerprint density at radius 1 is 1.07 bits per heavy atom. The average molecular weight is 432 g/mol. The summed E-state index contributed by atoms with van der Waals surface area (Å²) in [5, 5.41) is 14.3. The quantitative estimate of drug-likeness (QED) is 0.297. The maximum absolute atomic E-state index is 12.3. The van der Waals surface area contributed by atoms with E-state index in [1.54, 1.807) is 12.1 Å². The van der Waals surface area contributed by atoms with Crippen LogP contribution < -0.4 is 15.3 Å². The molecule has 0 aliphatic heterocycles. The van der Waals surface area contributed by atoms with Gasteiger partial charge in [-0.05, 0) is 42.7 Å². The number of rotatable bonds is 8. The fourth-order valence-electron chi connectivity index (χ4n) is 2.07. The van der Waals surface area contributed by atoms with E-state index in [2.05, 4.69) is 26.5 Å². The van der Waals surface area contributed by atoms with Crippen molar-refractivity contribution in [1.29, 1.82) is 0 Å². The van der Waals surface area contributed by atoms with Crippen molar-refractivity contribution in [2.75, 3.05) is 0 Å². The number of carboxylic acid groups (broad SMARTS) is 1. The van der Waals surface area contributed by atoms with Crippen molar-refractivity contribution in [2.24, 2.45) is 5.10 Å². The highest BCUT2D eigenvalue weighted by atomic mass is 79.9. The summed E-state index contributed by atoms with van der Waals surface area (Å²) in [6.45, 7) is 0. The van der Waals surface area contributed by atoms with Crippen molar-refractivity contribution in [3.8, 4) is 5.75 Å². The number of para-hydroxylation sites is 1. The summed E-state index contributed by atoms with van der Waals surface area (Å²) in [5.41, 5.74) is 3.31. The summed E-state index contributed by atoms with van der Waals surface area (Å²) in [6.07, 6.45) is 1.26. The van der Waals surface area contributed by atoms with Gasteiger partial charge in [0.15, 0.2) is 0 Å². The van der Waals surface area contributed by atoms with Crippen molar-refractivity contribution in [3.05, 3.63) is 64.1 Å². The fraction of sp³-hybridized carbons (Fsp3) is 0.158. The minimum absolute atomic E-state index is 0.0762. The maximum atomic E-state index is 12.3. The van der Waals surface area contributed by atoms with E-state index in [4.69, 9.17) is 4.74 Å². The predicted octanol–water partition coefficient (Wildman–Crippen LogP) is 2.04. The van der Waals surface area contributed by atoms with Crippen LogP contribution >= 0.6 is 15.9 Å². The molecule has 0 bridgehead atoms. The van der Waals surface area contributed by atoms with Crippen LogP contribution in [0.1, 0.15) is 35.2 Å². The Morgan fingerprint density at radius 2 is 1.78 bits per heavy atom. The molecule has 2 rings (SSSR count). The summed E-state index contributed by atoms with van der Waals surface area (Å²) < 4.78 is 6.09. The molecule has 0 saturated carbocycles. The Morgan fingerprint density at radius 3 is 2.48 bits per heavy atom. The molecule has 1 amide bonds. The molecule has 2 aromatic carbocycles. The molecule has 0 atom stereocenters. The van der Waals surface area contributed by atoms with Crippen LogP contribution in [0, 0.1) is 0 Å². The first-order valence-corrected chi connectivity index (χ1v) is 8.83. The molecule has 0 aromatic heterocycles. The van der Waals surface area contributed by atoms with Crippen LogP contribution in [0.15, 0.2) is 58.1 Å². The molecule has 0 aliphatic rings. The van der Waals surface area contributed by atoms with E-state index in [1.807, 2.05) is 24.3 Å². The third-order valence-corrected chi connectivity index (χ3v) is 3.90. The molecule has 0 radical (unpaired) electrons. The highest BCUT2D eigenvalue weighted by molar-refractivity contribution is 9.10. The summed E-state index contributed by atoms with van der Waals surface area (Å²) in [7, 11) is 0. The average Bonchev–Trinajstić information content (AvgIpc) is 2.63. The number of amides is 1. The molecule has 27 heavy (non-hydrogen) atoms. The topological polar surface area (TPSA) is 108 Å². The number of hydrogen-bond acceptors (Lipinski definition) is 6. The number of esters is 1. The molecule has 0 aliphatic carbocycles. The second-order valence-corrected chi connectivity index (χ2v) is 6.36. The van der Waals surface area contributed by atoms with Gasteiger partial charge in [0.25, 0.3) is 5.91 Å². The molecule has 8 heteroatoms. The molecular weight excluding hydrogens is 416 g/mol. The minimum Gasteiger partial charge on any atom is -0.550 e. The van der Waals surface area contributed by atoms with Gasteiger partial charge in [-0.15, -0.1) is 0 Å². The lowest BCUT2D eigenvalue weighted by molar-refractivity contribution is -0.305. The van der Waals surface area contributed by atoms with Crippen molar-refractivity contribution in [3.63, 3.8) is 0 Å². The SMILES string of the molecule is O=C([O-])CCCC(=O)Oc1ccccc1C(=O)N/N=C\c1ccc(Br)cc1. The van der Waals surface area contributed by atoms with Gasteiger partial charge in [-0.3, -0.25) is 9.59 Å². The summed E-state index contributed by atoms with van der Waals surface area (Å²) >= 11 is 3.33. The monoisotopic (exact) mass is 431 g/mol. The van der Waals surface area contributed by atoms with Crippen molar-refractivity contribution >= 4 is 40.0 Å². The molecule has 140 valence electrons. The molecule has 0 unspecified atom stereocenters. The summed E-state index contributed by atoms with van der Waals surface area (Å²) in [4.78, 5) is 34.4. The number of carboxylic acids is 1. The summed E-state index contributed by atoms with van der Waals surface area (Å²) in [5.74, 6) is -2.32. The Kier molecular flexibility index (Phi) is 7.69. The highest BCUT2D eigenvalue weighted by Gasteiger charge is 2.14. The lowest BCUT2D eigenvalue weighted by Crippen LogP contribution is -2.22. The van der Waals surface area contributed by atoms with E-state index in [9.17, 15) is 19.5 Å². The van der Waals surface area contributed by atoms with Crippen LogP contribution in [0.2, 0.25) is 0 Å². The van der Waals surface area contributed by atoms with Gasteiger partial charge >= 0.3 is 5.97 Å². The number of carbonyl (C=O) groups excluding carboxylic acids is 3. The Bertz CT molecular complexity index is 849. The zero-order valence-electron chi connectivity index (χ0n) is 14.2. The van der Waals surface area contributed by atoms with Gasteiger partial charge in [0.2, 0.25) is 0 Å². The Balaban J connectivity index is 1.97. The number of nitrogens with one attached hydrogen (secondary N) is 1. The van der Waals surface area contributed by atoms with E-state index >= 15 is 0 Å². The van der Waals surface area contributed by atoms with E-state index in [-0.39, 0.29) is 30.6 Å². The number of aliphatic carboxylic acids is 1. The standard InChI is InChI=1S/C19H17BrN2O5/c20-14-10-8-13(9-11-14)12-21-22-19(26)15-4-1-2-5-16(15)27-18(25)7-3-6-17(23)24/h1-2,4-5,8-12H,3,6-7H2,(H,22,26)(H,23,24)/p-1/b21-12-. The smallest absolute Gasteiger partial charge is 0.311 e. The number of benzene rings is 2. The molecular formula is C19H16BrN2O5-. The molecule has 7 nitrogen and oxygen atoms in total. The molecule has 0 heterocycles. The Hall–Kier alpha value is -3.00. The predicted molar refractivity (Wildman–Crippen MR) is 100 cm³/mol. The molecule has 0 saturated heterocycles. The Labute approximate surface area is 164 Å². The van der Waals surface area contributed by atoms with Crippen molar-refractivity contribution in [1.82, 2.24) is 5.43 Å². The van der Waals surface area contributed by atoms with Gasteiger partial charge < -0.3 is 14.6 Å². The van der Waals surface area contributed by atoms with Gasteiger partial charge in [-0.2, -0.15) is 5.10 Å². The zero-order valence-corrected chi connectivity index (χ0v) is 15.8. The largest absolute Gasteiger partial charge is 0.550 e. The minimum atomic E-state index is -1.23. The number of halogens is 1. The zero-order chi connectivity index (χ0) is 19.6. The number of carbonyl (C=O) groups is 3. The first kappa shape index (κ1) is 20.3. The van der Waals surface area contributed by atoms with Crippen LogP contribution in [0.5, 0.6) is 5.75 Å². The van der Waals surface area contributed by atoms with Crippen LogP contribution in [0.3, 0.4) is 0 Å². The number of hydrazone groups is 1.